The zero-order chi connectivity index (χ0) is 8.55. The van der Waals surface area contributed by atoms with E-state index in [2.05, 4.69) is 35.3 Å². The monoisotopic (exact) mass is 167 g/mol. The van der Waals surface area contributed by atoms with Gasteiger partial charge in [0.1, 0.15) is 6.17 Å². The lowest BCUT2D eigenvalue weighted by atomic mass is 10.1. The van der Waals surface area contributed by atoms with Crippen LogP contribution in [-0.2, 0) is 0 Å². The van der Waals surface area contributed by atoms with Crippen LogP contribution in [-0.4, -0.2) is 36.5 Å². The summed E-state index contributed by atoms with van der Waals surface area (Å²) >= 11 is 0. The molecule has 1 saturated heterocycles. The summed E-state index contributed by atoms with van der Waals surface area (Å²) in [7, 11) is 0. The Bertz CT molecular complexity index is 188. The van der Waals surface area contributed by atoms with Crippen molar-refractivity contribution in [3.63, 3.8) is 0 Å². The van der Waals surface area contributed by atoms with Crippen molar-refractivity contribution in [1.82, 2.24) is 10.2 Å². The molecule has 0 amide bonds. The number of hydrogen-bond acceptors (Lipinski definition) is 3. The number of aliphatic imine (C=N–C) groups is 1. The highest BCUT2D eigenvalue weighted by molar-refractivity contribution is 5.67. The fourth-order valence-corrected chi connectivity index (χ4v) is 2.02. The van der Waals surface area contributed by atoms with Gasteiger partial charge in [0.2, 0.25) is 0 Å². The van der Waals surface area contributed by atoms with Gasteiger partial charge in [-0.2, -0.15) is 0 Å². The van der Waals surface area contributed by atoms with E-state index in [-0.39, 0.29) is 0 Å². The number of nitrogens with one attached hydrogen (secondary N) is 1. The summed E-state index contributed by atoms with van der Waals surface area (Å²) in [6, 6.07) is 0.610. The second kappa shape index (κ2) is 3.15. The molecule has 2 aliphatic heterocycles. The van der Waals surface area contributed by atoms with Crippen molar-refractivity contribution in [1.29, 1.82) is 0 Å². The zero-order valence-electron chi connectivity index (χ0n) is 7.83. The van der Waals surface area contributed by atoms with Crippen LogP contribution in [0.3, 0.4) is 0 Å². The minimum Gasteiger partial charge on any atom is -0.304 e. The van der Waals surface area contributed by atoms with Crippen LogP contribution in [0.4, 0.5) is 0 Å². The molecule has 2 aliphatic rings. The maximum Gasteiger partial charge on any atom is 0.105 e. The Balaban J connectivity index is 2.05. The van der Waals surface area contributed by atoms with Crippen LogP contribution < -0.4 is 5.32 Å². The van der Waals surface area contributed by atoms with Crippen LogP contribution in [0.1, 0.15) is 20.3 Å². The first-order chi connectivity index (χ1) is 5.79. The molecule has 1 fully saturated rings. The van der Waals surface area contributed by atoms with Gasteiger partial charge in [-0.25, -0.2) is 0 Å². The Labute approximate surface area is 73.9 Å². The van der Waals surface area contributed by atoms with Crippen LogP contribution in [0.15, 0.2) is 4.99 Å². The Kier molecular flexibility index (Phi) is 2.15. The van der Waals surface area contributed by atoms with Crippen molar-refractivity contribution in [2.45, 2.75) is 32.5 Å². The maximum atomic E-state index is 4.54. The molecular weight excluding hydrogens is 150 g/mol. The van der Waals surface area contributed by atoms with Crippen LogP contribution in [0.2, 0.25) is 0 Å². The van der Waals surface area contributed by atoms with Crippen molar-refractivity contribution < 1.29 is 0 Å². The summed E-state index contributed by atoms with van der Waals surface area (Å²) in [5, 5.41) is 3.39. The molecule has 0 aromatic heterocycles. The van der Waals surface area contributed by atoms with Gasteiger partial charge in [-0.05, 0) is 18.9 Å². The predicted octanol–water partition coefficient (Wildman–Crippen LogP) is 0.674. The highest BCUT2D eigenvalue weighted by Gasteiger charge is 2.33. The number of fused-ring (bicyclic) bond motifs is 1. The lowest BCUT2D eigenvalue weighted by Crippen LogP contribution is -2.50. The predicted molar refractivity (Wildman–Crippen MR) is 50.2 cm³/mol. The molecule has 0 aromatic rings. The summed E-state index contributed by atoms with van der Waals surface area (Å²) in [6.07, 6.45) is 3.76. The molecule has 3 nitrogen and oxygen atoms in total. The smallest absolute Gasteiger partial charge is 0.105 e. The van der Waals surface area contributed by atoms with Gasteiger partial charge >= 0.3 is 0 Å². The molecule has 0 spiro atoms. The molecule has 68 valence electrons. The molecule has 0 bridgehead atoms. The fourth-order valence-electron chi connectivity index (χ4n) is 2.02. The molecule has 0 saturated carbocycles. The average molecular weight is 167 g/mol. The zero-order valence-corrected chi connectivity index (χ0v) is 7.83. The summed E-state index contributed by atoms with van der Waals surface area (Å²) in [5.41, 5.74) is 0. The molecule has 2 atom stereocenters. The number of hydrogen-bond donors (Lipinski definition) is 1. The van der Waals surface area contributed by atoms with E-state index in [1.165, 1.54) is 6.42 Å². The minimum absolute atomic E-state index is 0.419. The lowest BCUT2D eigenvalue weighted by Gasteiger charge is -2.34. The van der Waals surface area contributed by atoms with Gasteiger partial charge < -0.3 is 5.32 Å². The average Bonchev–Trinajstić information content (AvgIpc) is 2.47. The van der Waals surface area contributed by atoms with E-state index in [1.54, 1.807) is 0 Å². The molecule has 3 heteroatoms. The van der Waals surface area contributed by atoms with E-state index in [4.69, 9.17) is 0 Å². The van der Waals surface area contributed by atoms with E-state index >= 15 is 0 Å². The first kappa shape index (κ1) is 8.20. The van der Waals surface area contributed by atoms with E-state index in [1.807, 2.05) is 0 Å². The molecule has 0 aliphatic carbocycles. The third-order valence-electron chi connectivity index (χ3n) is 2.68. The third kappa shape index (κ3) is 1.27. The van der Waals surface area contributed by atoms with Crippen molar-refractivity contribution in [2.75, 3.05) is 13.2 Å². The molecule has 2 rings (SSSR count). The molecule has 0 aromatic carbocycles. The van der Waals surface area contributed by atoms with Gasteiger partial charge in [-0.3, -0.25) is 9.89 Å². The van der Waals surface area contributed by atoms with Crippen LogP contribution in [0.5, 0.6) is 0 Å². The first-order valence-electron chi connectivity index (χ1n) is 4.79. The van der Waals surface area contributed by atoms with E-state index in [0.29, 0.717) is 18.1 Å². The standard InChI is InChI=1S/C9H17N3/c1-7(2)9-11-5-8-3-4-10-6-12(8)9/h5,7-10H,3-4,6H2,1-2H3. The van der Waals surface area contributed by atoms with Crippen LogP contribution in [0.25, 0.3) is 0 Å². The Morgan fingerprint density at radius 1 is 1.58 bits per heavy atom. The molecular formula is C9H17N3. The first-order valence-corrected chi connectivity index (χ1v) is 4.79. The summed E-state index contributed by atoms with van der Waals surface area (Å²) < 4.78 is 0. The molecule has 12 heavy (non-hydrogen) atoms. The highest BCUT2D eigenvalue weighted by Crippen LogP contribution is 2.22. The number of rotatable bonds is 1. The third-order valence-corrected chi connectivity index (χ3v) is 2.68. The fraction of sp³-hybridized carbons (Fsp3) is 0.889. The quantitative estimate of drug-likeness (QED) is 0.621. The van der Waals surface area contributed by atoms with Gasteiger partial charge in [0.05, 0.1) is 6.67 Å². The molecule has 2 heterocycles. The van der Waals surface area contributed by atoms with Crippen molar-refractivity contribution in [3.05, 3.63) is 0 Å². The summed E-state index contributed by atoms with van der Waals surface area (Å²) in [5.74, 6) is 0.631. The largest absolute Gasteiger partial charge is 0.304 e. The van der Waals surface area contributed by atoms with Crippen LogP contribution >= 0.6 is 0 Å². The highest BCUT2D eigenvalue weighted by atomic mass is 15.4. The van der Waals surface area contributed by atoms with E-state index in [0.717, 1.165) is 13.2 Å². The van der Waals surface area contributed by atoms with Gasteiger partial charge in [0, 0.05) is 12.3 Å². The second-order valence-electron chi connectivity index (χ2n) is 3.98. The summed E-state index contributed by atoms with van der Waals surface area (Å²) in [4.78, 5) is 6.99. The normalized spacial score (nSPS) is 35.9. The summed E-state index contributed by atoms with van der Waals surface area (Å²) in [6.45, 7) is 6.61. The van der Waals surface area contributed by atoms with Crippen molar-refractivity contribution in [3.8, 4) is 0 Å². The Morgan fingerprint density at radius 3 is 3.17 bits per heavy atom. The van der Waals surface area contributed by atoms with Crippen molar-refractivity contribution in [2.24, 2.45) is 10.9 Å². The second-order valence-corrected chi connectivity index (χ2v) is 3.98. The van der Waals surface area contributed by atoms with E-state index < -0.39 is 0 Å². The molecule has 1 N–H and O–H groups in total. The van der Waals surface area contributed by atoms with E-state index in [9.17, 15) is 0 Å². The Morgan fingerprint density at radius 2 is 2.42 bits per heavy atom. The van der Waals surface area contributed by atoms with Gasteiger partial charge in [-0.1, -0.05) is 13.8 Å². The van der Waals surface area contributed by atoms with Gasteiger partial charge in [0.25, 0.3) is 0 Å². The van der Waals surface area contributed by atoms with Gasteiger partial charge in [-0.15, -0.1) is 0 Å². The molecule has 0 radical (unpaired) electrons. The SMILES string of the molecule is CC(C)C1N=CC2CCNCN21. The van der Waals surface area contributed by atoms with Crippen molar-refractivity contribution >= 4 is 6.21 Å². The van der Waals surface area contributed by atoms with Gasteiger partial charge in [0.15, 0.2) is 0 Å². The topological polar surface area (TPSA) is 27.6 Å². The minimum atomic E-state index is 0.419. The number of nitrogens with zero attached hydrogens (tertiary/aromatic N) is 2. The Hall–Kier alpha value is -0.410. The maximum absolute atomic E-state index is 4.54. The molecule has 2 unspecified atom stereocenters. The van der Waals surface area contributed by atoms with Crippen LogP contribution in [0, 0.1) is 5.92 Å². The lowest BCUT2D eigenvalue weighted by molar-refractivity contribution is 0.119.